The summed E-state index contributed by atoms with van der Waals surface area (Å²) in [7, 11) is 0. The summed E-state index contributed by atoms with van der Waals surface area (Å²) in [6.07, 6.45) is 0.601. The van der Waals surface area contributed by atoms with E-state index in [1.807, 2.05) is 0 Å². The lowest BCUT2D eigenvalue weighted by Gasteiger charge is -1.92. The normalized spacial score (nSPS) is 11.2. The number of benzene rings is 1. The maximum absolute atomic E-state index is 10.1. The number of nitrogen functional groups attached to an aromatic ring is 1. The summed E-state index contributed by atoms with van der Waals surface area (Å²) in [4.78, 5) is 10.1. The average molecular weight is 174 g/mol. The van der Waals surface area contributed by atoms with Crippen LogP contribution < -0.4 is 11.5 Å². The van der Waals surface area contributed by atoms with E-state index in [2.05, 4.69) is 11.8 Å². The molecule has 0 radical (unpaired) electrons. The molecule has 1 aromatic rings. The predicted octanol–water partition coefficient (Wildman–Crippen LogP) is 0.146. The number of hydrogen-bond donors (Lipinski definition) is 2. The lowest BCUT2D eigenvalue weighted by Crippen LogP contribution is -2.18. The van der Waals surface area contributed by atoms with Gasteiger partial charge in [0, 0.05) is 11.3 Å². The molecular weight excluding hydrogens is 164 g/mol. The summed E-state index contributed by atoms with van der Waals surface area (Å²) in [5.41, 5.74) is 12.2. The van der Waals surface area contributed by atoms with Gasteiger partial charge in [-0.15, -0.1) is 0 Å². The SMILES string of the molecule is Nc1ccc(C#CC(N)C=O)cc1. The van der Waals surface area contributed by atoms with Crippen LogP contribution in [-0.2, 0) is 4.79 Å². The summed E-state index contributed by atoms with van der Waals surface area (Å²) in [6, 6.07) is 6.34. The van der Waals surface area contributed by atoms with Gasteiger partial charge in [-0.1, -0.05) is 11.8 Å². The fraction of sp³-hybridized carbons (Fsp3) is 0.100. The Morgan fingerprint density at radius 3 is 2.46 bits per heavy atom. The molecule has 1 atom stereocenters. The molecule has 66 valence electrons. The van der Waals surface area contributed by atoms with Crippen molar-refractivity contribution >= 4 is 12.0 Å². The third kappa shape index (κ3) is 2.97. The third-order valence-electron chi connectivity index (χ3n) is 1.44. The Labute approximate surface area is 76.7 Å². The number of hydrogen-bond acceptors (Lipinski definition) is 3. The van der Waals surface area contributed by atoms with E-state index in [1.165, 1.54) is 0 Å². The van der Waals surface area contributed by atoms with Crippen molar-refractivity contribution in [3.63, 3.8) is 0 Å². The number of anilines is 1. The van der Waals surface area contributed by atoms with Crippen LogP contribution in [0.15, 0.2) is 24.3 Å². The maximum Gasteiger partial charge on any atom is 0.148 e. The minimum Gasteiger partial charge on any atom is -0.399 e. The van der Waals surface area contributed by atoms with Gasteiger partial charge < -0.3 is 16.3 Å². The second kappa shape index (κ2) is 4.29. The fourth-order valence-corrected chi connectivity index (χ4v) is 0.767. The number of carbonyl (C=O) groups excluding carboxylic acids is 1. The average Bonchev–Trinajstić information content (AvgIpc) is 2.16. The largest absolute Gasteiger partial charge is 0.399 e. The molecular formula is C10H10N2O. The molecule has 0 aromatic heterocycles. The molecule has 13 heavy (non-hydrogen) atoms. The van der Waals surface area contributed by atoms with Crippen molar-refractivity contribution in [3.05, 3.63) is 29.8 Å². The standard InChI is InChI=1S/C10H10N2O/c11-9-4-1-8(2-5-9)3-6-10(12)7-13/h1-2,4-5,7,10H,11-12H2. The van der Waals surface area contributed by atoms with E-state index in [9.17, 15) is 4.79 Å². The smallest absolute Gasteiger partial charge is 0.148 e. The molecule has 1 aromatic carbocycles. The highest BCUT2D eigenvalue weighted by Gasteiger charge is 1.90. The minimum absolute atomic E-state index is 0.601. The van der Waals surface area contributed by atoms with Gasteiger partial charge in [0.25, 0.3) is 0 Å². The molecule has 0 fully saturated rings. The van der Waals surface area contributed by atoms with Crippen LogP contribution in [0.2, 0.25) is 0 Å². The molecule has 0 spiro atoms. The first-order valence-corrected chi connectivity index (χ1v) is 3.80. The molecule has 1 unspecified atom stereocenters. The fourth-order valence-electron chi connectivity index (χ4n) is 0.767. The Hall–Kier alpha value is -1.79. The van der Waals surface area contributed by atoms with Crippen LogP contribution in [0.5, 0.6) is 0 Å². The summed E-state index contributed by atoms with van der Waals surface area (Å²) in [5, 5.41) is 0. The number of aldehydes is 1. The van der Waals surface area contributed by atoms with Gasteiger partial charge in [0.2, 0.25) is 0 Å². The molecule has 0 saturated carbocycles. The molecule has 3 heteroatoms. The summed E-state index contributed by atoms with van der Waals surface area (Å²) >= 11 is 0. The lowest BCUT2D eigenvalue weighted by atomic mass is 10.2. The second-order valence-electron chi connectivity index (χ2n) is 2.55. The van der Waals surface area contributed by atoms with Gasteiger partial charge in [-0.2, -0.15) is 0 Å². The van der Waals surface area contributed by atoms with Gasteiger partial charge in [0.1, 0.15) is 12.3 Å². The van der Waals surface area contributed by atoms with Crippen LogP contribution in [-0.4, -0.2) is 12.3 Å². The van der Waals surface area contributed by atoms with E-state index in [4.69, 9.17) is 11.5 Å². The zero-order chi connectivity index (χ0) is 9.68. The van der Waals surface area contributed by atoms with Crippen LogP contribution in [0, 0.1) is 11.8 Å². The van der Waals surface area contributed by atoms with Gasteiger partial charge in [0.05, 0.1) is 0 Å². The van der Waals surface area contributed by atoms with Crippen LogP contribution in [0.25, 0.3) is 0 Å². The van der Waals surface area contributed by atoms with Crippen LogP contribution >= 0.6 is 0 Å². The second-order valence-corrected chi connectivity index (χ2v) is 2.55. The third-order valence-corrected chi connectivity index (χ3v) is 1.44. The zero-order valence-electron chi connectivity index (χ0n) is 7.03. The Balaban J connectivity index is 2.78. The van der Waals surface area contributed by atoms with Crippen molar-refractivity contribution in [3.8, 4) is 11.8 Å². The molecule has 0 aliphatic heterocycles. The van der Waals surface area contributed by atoms with Crippen molar-refractivity contribution in [2.75, 3.05) is 5.73 Å². The van der Waals surface area contributed by atoms with Crippen molar-refractivity contribution in [1.82, 2.24) is 0 Å². The molecule has 0 heterocycles. The van der Waals surface area contributed by atoms with Gasteiger partial charge in [-0.3, -0.25) is 0 Å². The Morgan fingerprint density at radius 2 is 1.92 bits per heavy atom. The molecule has 0 amide bonds. The molecule has 1 rings (SSSR count). The number of carbonyl (C=O) groups is 1. The van der Waals surface area contributed by atoms with Gasteiger partial charge in [0.15, 0.2) is 0 Å². The molecule has 0 bridgehead atoms. The minimum atomic E-state index is -0.711. The van der Waals surface area contributed by atoms with Crippen molar-refractivity contribution < 1.29 is 4.79 Å². The lowest BCUT2D eigenvalue weighted by molar-refractivity contribution is -0.107. The highest BCUT2D eigenvalue weighted by molar-refractivity contribution is 5.63. The van der Waals surface area contributed by atoms with E-state index in [-0.39, 0.29) is 0 Å². The summed E-state index contributed by atoms with van der Waals surface area (Å²) in [5.74, 6) is 5.35. The molecule has 4 N–H and O–H groups in total. The zero-order valence-corrected chi connectivity index (χ0v) is 7.03. The Bertz CT molecular complexity index is 345. The van der Waals surface area contributed by atoms with Gasteiger partial charge in [-0.25, -0.2) is 0 Å². The van der Waals surface area contributed by atoms with E-state index in [1.54, 1.807) is 24.3 Å². The van der Waals surface area contributed by atoms with Crippen LogP contribution in [0.3, 0.4) is 0 Å². The van der Waals surface area contributed by atoms with Crippen molar-refractivity contribution in [1.29, 1.82) is 0 Å². The molecule has 3 nitrogen and oxygen atoms in total. The van der Waals surface area contributed by atoms with Crippen LogP contribution in [0.4, 0.5) is 5.69 Å². The summed E-state index contributed by atoms with van der Waals surface area (Å²) < 4.78 is 0. The molecule has 0 saturated heterocycles. The highest BCUT2D eigenvalue weighted by atomic mass is 16.1. The first-order valence-electron chi connectivity index (χ1n) is 3.80. The first-order chi connectivity index (χ1) is 6.22. The van der Waals surface area contributed by atoms with Crippen molar-refractivity contribution in [2.45, 2.75) is 6.04 Å². The number of nitrogens with two attached hydrogens (primary N) is 2. The summed E-state index contributed by atoms with van der Waals surface area (Å²) in [6.45, 7) is 0. The molecule has 0 aliphatic carbocycles. The topological polar surface area (TPSA) is 69.1 Å². The van der Waals surface area contributed by atoms with Crippen molar-refractivity contribution in [2.24, 2.45) is 5.73 Å². The van der Waals surface area contributed by atoms with Gasteiger partial charge in [-0.05, 0) is 24.3 Å². The molecule has 0 aliphatic rings. The van der Waals surface area contributed by atoms with E-state index >= 15 is 0 Å². The van der Waals surface area contributed by atoms with E-state index < -0.39 is 6.04 Å². The first kappa shape index (κ1) is 9.30. The predicted molar refractivity (Wildman–Crippen MR) is 51.8 cm³/mol. The quantitative estimate of drug-likeness (QED) is 0.361. The van der Waals surface area contributed by atoms with Gasteiger partial charge >= 0.3 is 0 Å². The Kier molecular flexibility index (Phi) is 3.07. The Morgan fingerprint density at radius 1 is 1.31 bits per heavy atom. The van der Waals surface area contributed by atoms with Crippen LogP contribution in [0.1, 0.15) is 5.56 Å². The van der Waals surface area contributed by atoms with E-state index in [0.29, 0.717) is 12.0 Å². The maximum atomic E-state index is 10.1. The highest BCUT2D eigenvalue weighted by Crippen LogP contribution is 2.03. The van der Waals surface area contributed by atoms with E-state index in [0.717, 1.165) is 5.56 Å². The monoisotopic (exact) mass is 174 g/mol. The number of rotatable bonds is 1.